The van der Waals surface area contributed by atoms with E-state index >= 15 is 0 Å². The number of amides is 2. The summed E-state index contributed by atoms with van der Waals surface area (Å²) in [5.41, 5.74) is 3.41. The predicted octanol–water partition coefficient (Wildman–Crippen LogP) is 5.01. The number of aromatic hydroxyl groups is 1. The van der Waals surface area contributed by atoms with Crippen LogP contribution in [0.25, 0.3) is 11.3 Å². The Hall–Kier alpha value is -4.40. The molecule has 8 nitrogen and oxygen atoms in total. The Kier molecular flexibility index (Phi) is 6.28. The zero-order valence-corrected chi connectivity index (χ0v) is 19.7. The molecular formula is C27H26FN5O3. The van der Waals surface area contributed by atoms with Gasteiger partial charge in [0.2, 0.25) is 0 Å². The summed E-state index contributed by atoms with van der Waals surface area (Å²) in [6, 6.07) is 15.7. The van der Waals surface area contributed by atoms with Crippen molar-refractivity contribution < 1.29 is 19.1 Å². The lowest BCUT2D eigenvalue weighted by atomic mass is 9.82. The number of carbonyl (C=O) groups excluding carboxylic acids is 2. The molecule has 0 bridgehead atoms. The van der Waals surface area contributed by atoms with Crippen LogP contribution in [0.5, 0.6) is 5.75 Å². The summed E-state index contributed by atoms with van der Waals surface area (Å²) in [6.07, 6.45) is 4.80. The molecule has 1 aliphatic carbocycles. The van der Waals surface area contributed by atoms with Gasteiger partial charge >= 0.3 is 6.03 Å². The number of nitrogens with zero attached hydrogens (tertiary/aromatic N) is 3. The lowest BCUT2D eigenvalue weighted by molar-refractivity contribution is 0.101. The van der Waals surface area contributed by atoms with Gasteiger partial charge in [-0.15, -0.1) is 0 Å². The fourth-order valence-corrected chi connectivity index (χ4v) is 4.26. The number of benzene rings is 2. The molecule has 2 aromatic heterocycles. The van der Waals surface area contributed by atoms with Crippen molar-refractivity contribution in [3.63, 3.8) is 0 Å². The molecule has 0 atom stereocenters. The molecule has 0 aliphatic heterocycles. The monoisotopic (exact) mass is 487 g/mol. The smallest absolute Gasteiger partial charge is 0.342 e. The quantitative estimate of drug-likeness (QED) is 0.356. The van der Waals surface area contributed by atoms with Crippen LogP contribution in [0.3, 0.4) is 0 Å². The minimum Gasteiger partial charge on any atom is -0.507 e. The second-order valence-corrected chi connectivity index (χ2v) is 8.97. The number of halogens is 1. The molecule has 1 aliphatic rings. The van der Waals surface area contributed by atoms with Crippen LogP contribution in [0.2, 0.25) is 0 Å². The number of hydrogen-bond acceptors (Lipinski definition) is 4. The molecule has 1 fully saturated rings. The van der Waals surface area contributed by atoms with E-state index in [4.69, 9.17) is 0 Å². The van der Waals surface area contributed by atoms with Gasteiger partial charge in [0.25, 0.3) is 5.91 Å². The fourth-order valence-electron chi connectivity index (χ4n) is 4.26. The van der Waals surface area contributed by atoms with Gasteiger partial charge in [-0.25, -0.2) is 9.18 Å². The maximum atomic E-state index is 13.2. The highest BCUT2D eigenvalue weighted by Crippen LogP contribution is 2.39. The van der Waals surface area contributed by atoms with Crippen molar-refractivity contribution in [3.8, 4) is 17.0 Å². The molecule has 0 saturated heterocycles. The van der Waals surface area contributed by atoms with Crippen molar-refractivity contribution in [2.24, 2.45) is 7.05 Å². The highest BCUT2D eigenvalue weighted by atomic mass is 19.1. The molecule has 0 radical (unpaired) electrons. The van der Waals surface area contributed by atoms with E-state index < -0.39 is 6.03 Å². The molecule has 3 N–H and O–H groups in total. The van der Waals surface area contributed by atoms with Crippen LogP contribution in [0, 0.1) is 5.82 Å². The van der Waals surface area contributed by atoms with E-state index in [0.29, 0.717) is 22.6 Å². The molecule has 2 aromatic carbocycles. The number of aryl methyl sites for hydroxylation is 1. The van der Waals surface area contributed by atoms with Gasteiger partial charge in [0.15, 0.2) is 0 Å². The Balaban J connectivity index is 1.36. The molecule has 9 heteroatoms. The van der Waals surface area contributed by atoms with Gasteiger partial charge in [0.1, 0.15) is 17.3 Å². The van der Waals surface area contributed by atoms with Gasteiger partial charge < -0.3 is 20.3 Å². The third kappa shape index (κ3) is 4.72. The predicted molar refractivity (Wildman–Crippen MR) is 133 cm³/mol. The van der Waals surface area contributed by atoms with E-state index in [2.05, 4.69) is 15.7 Å². The molecule has 0 unspecified atom stereocenters. The van der Waals surface area contributed by atoms with Crippen LogP contribution >= 0.6 is 0 Å². The van der Waals surface area contributed by atoms with Crippen molar-refractivity contribution in [1.29, 1.82) is 0 Å². The summed E-state index contributed by atoms with van der Waals surface area (Å²) in [5, 5.41) is 20.8. The van der Waals surface area contributed by atoms with Crippen molar-refractivity contribution in [2.75, 3.05) is 5.32 Å². The third-order valence-corrected chi connectivity index (χ3v) is 6.52. The molecule has 4 aromatic rings. The summed E-state index contributed by atoms with van der Waals surface area (Å²) in [4.78, 5) is 25.5. The molecule has 5 rings (SSSR count). The minimum absolute atomic E-state index is 0.0591. The SMILES string of the molecule is Cn1cccc1C(=O)Nc1ccc(-c2cc(C3CCC3)n(C(=O)NCc3ccc(F)cc3)n2)c(O)c1. The summed E-state index contributed by atoms with van der Waals surface area (Å²) in [7, 11) is 1.78. The first-order chi connectivity index (χ1) is 17.4. The molecule has 36 heavy (non-hydrogen) atoms. The zero-order valence-electron chi connectivity index (χ0n) is 19.7. The second-order valence-electron chi connectivity index (χ2n) is 8.97. The van der Waals surface area contributed by atoms with Gasteiger partial charge in [-0.05, 0) is 60.9 Å². The number of aromatic nitrogens is 3. The van der Waals surface area contributed by atoms with Gasteiger partial charge in [0, 0.05) is 43.0 Å². The molecule has 1 saturated carbocycles. The number of carbonyl (C=O) groups is 2. The maximum absolute atomic E-state index is 13.2. The Morgan fingerprint density at radius 1 is 1.11 bits per heavy atom. The van der Waals surface area contributed by atoms with Crippen LogP contribution in [0.4, 0.5) is 14.9 Å². The lowest BCUT2D eigenvalue weighted by Gasteiger charge is -2.25. The average molecular weight is 488 g/mol. The van der Waals surface area contributed by atoms with E-state index in [1.54, 1.807) is 54.2 Å². The van der Waals surface area contributed by atoms with Gasteiger partial charge in [0.05, 0.1) is 11.4 Å². The first-order valence-electron chi connectivity index (χ1n) is 11.8. The van der Waals surface area contributed by atoms with Gasteiger partial charge in [-0.2, -0.15) is 9.78 Å². The number of phenolic OH excluding ortho intramolecular Hbond substituents is 1. The largest absolute Gasteiger partial charge is 0.507 e. The Morgan fingerprint density at radius 2 is 1.89 bits per heavy atom. The van der Waals surface area contributed by atoms with Crippen LogP contribution < -0.4 is 10.6 Å². The van der Waals surface area contributed by atoms with Crippen LogP contribution in [-0.2, 0) is 13.6 Å². The number of anilines is 1. The highest BCUT2D eigenvalue weighted by molar-refractivity contribution is 6.03. The highest BCUT2D eigenvalue weighted by Gasteiger charge is 2.27. The van der Waals surface area contributed by atoms with E-state index in [1.807, 2.05) is 6.07 Å². The number of phenols is 1. The van der Waals surface area contributed by atoms with Crippen molar-refractivity contribution in [3.05, 3.63) is 89.6 Å². The standard InChI is InChI=1S/C27H26FN5O3/c1-32-13-3-6-23(32)26(35)30-20-11-12-21(25(34)14-20)22-15-24(18-4-2-5-18)33(31-22)27(36)29-16-17-7-9-19(28)10-8-17/h3,6-15,18,34H,2,4-5,16H2,1H3,(H,29,36)(H,30,35). The summed E-state index contributed by atoms with van der Waals surface area (Å²) in [5.74, 6) is -0.464. The molecule has 2 heterocycles. The Bertz CT molecular complexity index is 1420. The fraction of sp³-hybridized carbons (Fsp3) is 0.222. The van der Waals surface area contributed by atoms with E-state index in [1.165, 1.54) is 22.9 Å². The number of nitrogens with one attached hydrogen (secondary N) is 2. The topological polar surface area (TPSA) is 101 Å². The Morgan fingerprint density at radius 3 is 2.53 bits per heavy atom. The normalized spacial score (nSPS) is 13.3. The van der Waals surface area contributed by atoms with Crippen molar-refractivity contribution in [2.45, 2.75) is 31.7 Å². The number of rotatable bonds is 6. The zero-order chi connectivity index (χ0) is 25.2. The van der Waals surface area contributed by atoms with E-state index in [9.17, 15) is 19.1 Å². The number of hydrogen-bond donors (Lipinski definition) is 3. The van der Waals surface area contributed by atoms with Crippen molar-refractivity contribution in [1.82, 2.24) is 19.7 Å². The molecule has 2 amide bonds. The minimum atomic E-state index is -0.390. The van der Waals surface area contributed by atoms with Crippen LogP contribution in [-0.4, -0.2) is 31.4 Å². The van der Waals surface area contributed by atoms with E-state index in [0.717, 1.165) is 30.5 Å². The van der Waals surface area contributed by atoms with Crippen molar-refractivity contribution >= 4 is 17.6 Å². The third-order valence-electron chi connectivity index (χ3n) is 6.52. The van der Waals surface area contributed by atoms with Gasteiger partial charge in [-0.3, -0.25) is 4.79 Å². The second kappa shape index (κ2) is 9.69. The van der Waals surface area contributed by atoms with Gasteiger partial charge in [-0.1, -0.05) is 18.6 Å². The van der Waals surface area contributed by atoms with Crippen LogP contribution in [0.15, 0.2) is 66.9 Å². The summed E-state index contributed by atoms with van der Waals surface area (Å²) in [6.45, 7) is 0.235. The average Bonchev–Trinajstić information content (AvgIpc) is 3.44. The van der Waals surface area contributed by atoms with Crippen LogP contribution in [0.1, 0.15) is 46.9 Å². The molecular weight excluding hydrogens is 461 g/mol. The maximum Gasteiger partial charge on any atom is 0.342 e. The first-order valence-corrected chi connectivity index (χ1v) is 11.8. The first kappa shape index (κ1) is 23.3. The Labute approximate surface area is 207 Å². The van der Waals surface area contributed by atoms with E-state index in [-0.39, 0.29) is 29.9 Å². The summed E-state index contributed by atoms with van der Waals surface area (Å²) < 4.78 is 16.2. The summed E-state index contributed by atoms with van der Waals surface area (Å²) >= 11 is 0. The molecule has 184 valence electrons. The lowest BCUT2D eigenvalue weighted by Crippen LogP contribution is -2.31. The molecule has 0 spiro atoms.